The van der Waals surface area contributed by atoms with Crippen molar-refractivity contribution in [2.75, 3.05) is 13.2 Å². The van der Waals surface area contributed by atoms with Gasteiger partial charge in [0.15, 0.2) is 6.10 Å². The molecule has 0 saturated heterocycles. The fourth-order valence-electron chi connectivity index (χ4n) is 7.88. The molecule has 0 saturated carbocycles. The van der Waals surface area contributed by atoms with Gasteiger partial charge >= 0.3 is 17.9 Å². The van der Waals surface area contributed by atoms with Crippen molar-refractivity contribution in [1.82, 2.24) is 0 Å². The average Bonchev–Trinajstić information content (AvgIpc) is 3.44. The molecular weight excluding hydrogens is 961 g/mol. The first-order valence-corrected chi connectivity index (χ1v) is 31.1. The summed E-state index contributed by atoms with van der Waals surface area (Å²) in [5.74, 6) is -1.00. The highest BCUT2D eigenvalue weighted by Gasteiger charge is 2.19. The largest absolute Gasteiger partial charge is 0.462 e. The molecule has 0 N–H and O–H groups in total. The number of unbranched alkanes of at least 4 members (excludes halogenated alkanes) is 15. The molecule has 0 aromatic heterocycles. The van der Waals surface area contributed by atoms with Crippen molar-refractivity contribution in [3.05, 3.63) is 170 Å². The van der Waals surface area contributed by atoms with Crippen LogP contribution in [0.25, 0.3) is 0 Å². The van der Waals surface area contributed by atoms with Gasteiger partial charge in [0.25, 0.3) is 0 Å². The quantitative estimate of drug-likeness (QED) is 0.0261. The van der Waals surface area contributed by atoms with E-state index in [2.05, 4.69) is 191 Å². The van der Waals surface area contributed by atoms with E-state index in [9.17, 15) is 14.4 Å². The van der Waals surface area contributed by atoms with E-state index < -0.39 is 6.10 Å². The van der Waals surface area contributed by atoms with Gasteiger partial charge in [-0.15, -0.1) is 0 Å². The lowest BCUT2D eigenvalue weighted by Crippen LogP contribution is -2.30. The van der Waals surface area contributed by atoms with E-state index in [0.29, 0.717) is 19.3 Å². The average molecular weight is 1070 g/mol. The molecule has 0 aromatic carbocycles. The number of carbonyl (C=O) groups excluding carboxylic acids is 3. The Kier molecular flexibility index (Phi) is 60.0. The zero-order valence-corrected chi connectivity index (χ0v) is 49.9. The molecule has 78 heavy (non-hydrogen) atoms. The summed E-state index contributed by atoms with van der Waals surface area (Å²) < 4.78 is 16.8. The molecule has 0 fully saturated rings. The van der Waals surface area contributed by atoms with Gasteiger partial charge in [-0.25, -0.2) is 0 Å². The topological polar surface area (TPSA) is 78.9 Å². The minimum absolute atomic E-state index is 0.112. The zero-order valence-electron chi connectivity index (χ0n) is 49.9. The molecule has 1 atom stereocenters. The van der Waals surface area contributed by atoms with Gasteiger partial charge in [-0.1, -0.05) is 268 Å². The Balaban J connectivity index is 4.36. The molecule has 0 bridgehead atoms. The van der Waals surface area contributed by atoms with Crippen LogP contribution in [0, 0.1) is 0 Å². The molecule has 6 nitrogen and oxygen atoms in total. The Morgan fingerprint density at radius 2 is 0.513 bits per heavy atom. The second kappa shape index (κ2) is 64.3. The lowest BCUT2D eigenvalue weighted by atomic mass is 10.1. The second-order valence-corrected chi connectivity index (χ2v) is 19.9. The number of ether oxygens (including phenoxy) is 3. The highest BCUT2D eigenvalue weighted by atomic mass is 16.6. The number of hydrogen-bond donors (Lipinski definition) is 0. The van der Waals surface area contributed by atoms with Gasteiger partial charge in [-0.05, 0) is 128 Å². The molecular formula is C72H112O6. The molecule has 0 rings (SSSR count). The Bertz CT molecular complexity index is 1810. The molecule has 6 heteroatoms. The summed E-state index contributed by atoms with van der Waals surface area (Å²) in [5.41, 5.74) is 0. The number of allylic oxidation sites excluding steroid dienone is 28. The molecule has 0 spiro atoms. The van der Waals surface area contributed by atoms with Crippen molar-refractivity contribution in [3.63, 3.8) is 0 Å². The number of rotatable bonds is 54. The van der Waals surface area contributed by atoms with E-state index in [-0.39, 0.29) is 37.5 Å². The van der Waals surface area contributed by atoms with Crippen LogP contribution in [0.4, 0.5) is 0 Å². The van der Waals surface area contributed by atoms with Gasteiger partial charge in [0, 0.05) is 19.3 Å². The van der Waals surface area contributed by atoms with Crippen LogP contribution in [0.2, 0.25) is 0 Å². The Labute approximate surface area is 479 Å². The third kappa shape index (κ3) is 61.6. The van der Waals surface area contributed by atoms with Crippen LogP contribution in [0.15, 0.2) is 170 Å². The van der Waals surface area contributed by atoms with Crippen LogP contribution in [0.1, 0.15) is 245 Å². The lowest BCUT2D eigenvalue weighted by Gasteiger charge is -2.18. The van der Waals surface area contributed by atoms with Crippen molar-refractivity contribution < 1.29 is 28.6 Å². The van der Waals surface area contributed by atoms with Crippen LogP contribution >= 0.6 is 0 Å². The third-order valence-electron chi connectivity index (χ3n) is 12.5. The van der Waals surface area contributed by atoms with E-state index in [0.717, 1.165) is 154 Å². The van der Waals surface area contributed by atoms with Crippen LogP contribution in [0.3, 0.4) is 0 Å². The smallest absolute Gasteiger partial charge is 0.306 e. The van der Waals surface area contributed by atoms with Crippen molar-refractivity contribution in [2.24, 2.45) is 0 Å². The fourth-order valence-corrected chi connectivity index (χ4v) is 7.88. The van der Waals surface area contributed by atoms with Crippen molar-refractivity contribution in [1.29, 1.82) is 0 Å². The molecule has 0 aliphatic carbocycles. The van der Waals surface area contributed by atoms with Crippen molar-refractivity contribution >= 4 is 17.9 Å². The van der Waals surface area contributed by atoms with E-state index in [1.807, 2.05) is 0 Å². The Morgan fingerprint density at radius 3 is 0.821 bits per heavy atom. The van der Waals surface area contributed by atoms with Crippen LogP contribution in [0.5, 0.6) is 0 Å². The van der Waals surface area contributed by atoms with Gasteiger partial charge < -0.3 is 14.2 Å². The Hall–Kier alpha value is -5.23. The molecule has 0 heterocycles. The molecule has 0 aromatic rings. The summed E-state index contributed by atoms with van der Waals surface area (Å²) in [5, 5.41) is 0. The molecule has 436 valence electrons. The number of carbonyl (C=O) groups is 3. The van der Waals surface area contributed by atoms with Crippen LogP contribution in [-0.4, -0.2) is 37.2 Å². The maximum atomic E-state index is 12.8. The molecule has 0 aliphatic heterocycles. The van der Waals surface area contributed by atoms with Crippen molar-refractivity contribution in [2.45, 2.75) is 252 Å². The van der Waals surface area contributed by atoms with E-state index >= 15 is 0 Å². The molecule has 1 unspecified atom stereocenters. The van der Waals surface area contributed by atoms with Crippen LogP contribution in [-0.2, 0) is 28.6 Å². The SMILES string of the molecule is CC/C=C\C/C=C\C/C=C\C/C=C\C/C=C\C/C=C\C/C=C\C/C=C\C/C=C\CCCCCCCC(=O)OCC(COC(=O)CCCCCCCCCCCC)OC(=O)CCC/C=C\C/C=C\C/C=C\C/C=C\C/C=C\CC. The summed E-state index contributed by atoms with van der Waals surface area (Å²) in [7, 11) is 0. The maximum absolute atomic E-state index is 12.8. The fraction of sp³-hybridized carbons (Fsp3) is 0.569. The maximum Gasteiger partial charge on any atom is 0.306 e. The molecule has 0 aliphatic rings. The van der Waals surface area contributed by atoms with Crippen molar-refractivity contribution in [3.8, 4) is 0 Å². The standard InChI is InChI=1S/C72H112O6/c1-4-7-10-13-16-19-22-24-26-28-29-30-31-32-33-34-35-36-37-38-39-40-41-42-43-45-46-48-50-53-56-59-62-65-71(74)77-68-69(67-76-70(73)64-61-58-55-52-21-18-15-12-9-6-3)78-72(75)66-63-60-57-54-51-49-47-44-27-25-23-20-17-14-11-8-5-2/h7-8,10-11,16-17,19-20,24-27,29-30,32-33,35-36,38-39,41-42,45-47,49,54,57,69H,4-6,9,12-15,18,21-23,28,31,34,37,40,43-44,48,50-53,55-56,58-68H2,1-3H3/b10-7-,11-8-,19-16-,20-17-,26-24-,27-25-,30-29-,33-32-,36-35-,39-38-,42-41-,46-45-,49-47-,57-54-. The lowest BCUT2D eigenvalue weighted by molar-refractivity contribution is -0.167. The number of hydrogen-bond acceptors (Lipinski definition) is 6. The molecule has 0 radical (unpaired) electrons. The highest BCUT2D eigenvalue weighted by Crippen LogP contribution is 2.13. The summed E-state index contributed by atoms with van der Waals surface area (Å²) >= 11 is 0. The first-order chi connectivity index (χ1) is 38.5. The predicted molar refractivity (Wildman–Crippen MR) is 338 cm³/mol. The summed E-state index contributed by atoms with van der Waals surface area (Å²) in [6.45, 7) is 6.32. The van der Waals surface area contributed by atoms with Gasteiger partial charge in [-0.2, -0.15) is 0 Å². The monoisotopic (exact) mass is 1070 g/mol. The van der Waals surface area contributed by atoms with Gasteiger partial charge in [-0.3, -0.25) is 14.4 Å². The minimum atomic E-state index is -0.822. The van der Waals surface area contributed by atoms with Gasteiger partial charge in [0.1, 0.15) is 13.2 Å². The molecule has 0 amide bonds. The highest BCUT2D eigenvalue weighted by molar-refractivity contribution is 5.71. The normalized spacial score (nSPS) is 13.3. The Morgan fingerprint density at radius 1 is 0.269 bits per heavy atom. The third-order valence-corrected chi connectivity index (χ3v) is 12.5. The van der Waals surface area contributed by atoms with Gasteiger partial charge in [0.2, 0.25) is 0 Å². The predicted octanol–water partition coefficient (Wildman–Crippen LogP) is 21.5. The first kappa shape index (κ1) is 72.8. The zero-order chi connectivity index (χ0) is 56.4. The first-order valence-electron chi connectivity index (χ1n) is 31.1. The summed E-state index contributed by atoms with van der Waals surface area (Å²) in [4.78, 5) is 38.1. The second-order valence-electron chi connectivity index (χ2n) is 19.9. The minimum Gasteiger partial charge on any atom is -0.462 e. The van der Waals surface area contributed by atoms with E-state index in [1.165, 1.54) is 44.9 Å². The summed E-state index contributed by atoms with van der Waals surface area (Å²) in [6.07, 6.45) is 95.1. The van der Waals surface area contributed by atoms with E-state index in [1.54, 1.807) is 0 Å². The number of esters is 3. The summed E-state index contributed by atoms with van der Waals surface area (Å²) in [6, 6.07) is 0. The van der Waals surface area contributed by atoms with Gasteiger partial charge in [0.05, 0.1) is 0 Å². The van der Waals surface area contributed by atoms with Crippen LogP contribution < -0.4 is 0 Å². The van der Waals surface area contributed by atoms with E-state index in [4.69, 9.17) is 14.2 Å².